The van der Waals surface area contributed by atoms with E-state index >= 15 is 0 Å². The van der Waals surface area contributed by atoms with Gasteiger partial charge in [-0.3, -0.25) is 9.00 Å². The summed E-state index contributed by atoms with van der Waals surface area (Å²) in [4.78, 5) is 38.7. The van der Waals surface area contributed by atoms with Crippen molar-refractivity contribution in [3.8, 4) is 0 Å². The number of Topliss-reactive ketones (excluding diaryl/α,β-unsaturated/α-hetero) is 1. The minimum absolute atomic E-state index is 0.0174. The molecule has 2 aliphatic rings. The van der Waals surface area contributed by atoms with Crippen molar-refractivity contribution in [1.82, 2.24) is 25.5 Å². The van der Waals surface area contributed by atoms with Crippen molar-refractivity contribution in [2.75, 3.05) is 69.8 Å². The molecule has 11 heteroatoms. The van der Waals surface area contributed by atoms with Crippen molar-refractivity contribution < 1.29 is 13.8 Å². The molecule has 0 aliphatic carbocycles. The van der Waals surface area contributed by atoms with Gasteiger partial charge in [-0.15, -0.1) is 0 Å². The van der Waals surface area contributed by atoms with E-state index in [9.17, 15) is 13.8 Å². The molecule has 40 heavy (non-hydrogen) atoms. The molecule has 10 nitrogen and oxygen atoms in total. The first-order chi connectivity index (χ1) is 19.2. The Morgan fingerprint density at radius 2 is 1.88 bits per heavy atom. The number of hydrogen-bond donors (Lipinski definition) is 3. The van der Waals surface area contributed by atoms with Crippen LogP contribution in [0.1, 0.15) is 43.9 Å². The van der Waals surface area contributed by atoms with Gasteiger partial charge in [-0.25, -0.2) is 4.98 Å². The molecule has 2 atom stereocenters. The lowest BCUT2D eigenvalue weighted by Crippen LogP contribution is -2.50. The number of nitrogens with one attached hydrogen (secondary N) is 3. The topological polar surface area (TPSA) is 120 Å². The zero-order chi connectivity index (χ0) is 28.7. The number of piperidine rings is 1. The zero-order valence-electron chi connectivity index (χ0n) is 24.2. The van der Waals surface area contributed by atoms with Crippen LogP contribution in [0.25, 0.3) is 0 Å². The number of benzene rings is 1. The van der Waals surface area contributed by atoms with E-state index in [0.29, 0.717) is 61.3 Å². The Labute approximate surface area is 240 Å². The maximum Gasteiger partial charge on any atom is 0.234 e. The van der Waals surface area contributed by atoms with Crippen LogP contribution in [-0.2, 0) is 32.2 Å². The Hall–Kier alpha value is -2.89. The number of hydrogen-bond acceptors (Lipinski definition) is 9. The highest BCUT2D eigenvalue weighted by molar-refractivity contribution is 7.85. The number of aromatic nitrogens is 2. The summed E-state index contributed by atoms with van der Waals surface area (Å²) in [5.74, 6) is 1.99. The van der Waals surface area contributed by atoms with Crippen LogP contribution in [0, 0.1) is 0 Å². The first-order valence-corrected chi connectivity index (χ1v) is 15.4. The minimum atomic E-state index is -1.14. The van der Waals surface area contributed by atoms with E-state index in [1.165, 1.54) is 5.56 Å². The summed E-state index contributed by atoms with van der Waals surface area (Å²) >= 11 is 0. The number of fused-ring (bicyclic) bond motifs is 1. The van der Waals surface area contributed by atoms with Gasteiger partial charge in [-0.1, -0.05) is 30.3 Å². The van der Waals surface area contributed by atoms with Gasteiger partial charge in [0.25, 0.3) is 0 Å². The Kier molecular flexibility index (Phi) is 10.3. The fourth-order valence-corrected chi connectivity index (χ4v) is 6.88. The van der Waals surface area contributed by atoms with Gasteiger partial charge in [0.1, 0.15) is 16.5 Å². The second kappa shape index (κ2) is 13.6. The third-order valence-electron chi connectivity index (χ3n) is 7.79. The first-order valence-electron chi connectivity index (χ1n) is 14.1. The van der Waals surface area contributed by atoms with Crippen molar-refractivity contribution in [2.24, 2.45) is 0 Å². The molecule has 0 spiro atoms. The largest absolute Gasteiger partial charge is 0.365 e. The smallest absolute Gasteiger partial charge is 0.234 e. The van der Waals surface area contributed by atoms with Gasteiger partial charge in [0.15, 0.2) is 0 Å². The minimum Gasteiger partial charge on any atom is -0.365 e. The molecule has 218 valence electrons. The Balaban J connectivity index is 1.55. The molecule has 1 aromatic heterocycles. The fourth-order valence-electron chi connectivity index (χ4n) is 5.57. The number of anilines is 2. The van der Waals surface area contributed by atoms with Gasteiger partial charge in [0.2, 0.25) is 11.9 Å². The molecular formula is C29H43N7O3S. The highest BCUT2D eigenvalue weighted by Gasteiger charge is 2.38. The van der Waals surface area contributed by atoms with Crippen LogP contribution in [0.15, 0.2) is 35.2 Å². The summed E-state index contributed by atoms with van der Waals surface area (Å²) in [5, 5.41) is 9.86. The lowest BCUT2D eigenvalue weighted by atomic mass is 9.72. The van der Waals surface area contributed by atoms with Gasteiger partial charge in [0.05, 0.1) is 23.0 Å². The molecule has 3 N–H and O–H groups in total. The molecule has 4 rings (SSSR count). The van der Waals surface area contributed by atoms with E-state index < -0.39 is 10.8 Å². The van der Waals surface area contributed by atoms with Gasteiger partial charge in [-0.05, 0) is 52.9 Å². The van der Waals surface area contributed by atoms with Crippen LogP contribution >= 0.6 is 0 Å². The summed E-state index contributed by atoms with van der Waals surface area (Å²) in [6, 6.07) is 10.4. The van der Waals surface area contributed by atoms with Crippen LogP contribution in [0.4, 0.5) is 11.8 Å². The molecule has 3 heterocycles. The predicted molar refractivity (Wildman–Crippen MR) is 159 cm³/mol. The third kappa shape index (κ3) is 7.44. The molecule has 2 aromatic rings. The van der Waals surface area contributed by atoms with Gasteiger partial charge >= 0.3 is 0 Å². The van der Waals surface area contributed by atoms with Crippen molar-refractivity contribution in [3.63, 3.8) is 0 Å². The Bertz CT molecular complexity index is 1200. The van der Waals surface area contributed by atoms with E-state index in [1.807, 2.05) is 32.1 Å². The number of likely N-dealkylation sites (N-methyl/N-ethyl adjacent to an activating group) is 2. The summed E-state index contributed by atoms with van der Waals surface area (Å²) < 4.78 is 12.9. The Morgan fingerprint density at radius 3 is 2.52 bits per heavy atom. The number of nitrogens with zero attached hydrogens (tertiary/aromatic N) is 4. The fraction of sp³-hybridized carbons (Fsp3) is 0.586. The van der Waals surface area contributed by atoms with Crippen molar-refractivity contribution >= 4 is 34.3 Å². The molecule has 1 amide bonds. The molecule has 1 unspecified atom stereocenters. The van der Waals surface area contributed by atoms with Gasteiger partial charge < -0.3 is 30.5 Å². The van der Waals surface area contributed by atoms with E-state index in [-0.39, 0.29) is 23.1 Å². The van der Waals surface area contributed by atoms with Gasteiger partial charge in [-0.2, -0.15) is 4.98 Å². The summed E-state index contributed by atoms with van der Waals surface area (Å²) in [6.45, 7) is 4.69. The predicted octanol–water partition coefficient (Wildman–Crippen LogP) is 1.73. The molecular weight excluding hydrogens is 526 g/mol. The van der Waals surface area contributed by atoms with Crippen molar-refractivity contribution in [1.29, 1.82) is 0 Å². The van der Waals surface area contributed by atoms with Crippen molar-refractivity contribution in [2.45, 2.75) is 55.4 Å². The SMILES string of the molecule is CNC[C@H](CCC(C)=O)Nc1nc(N2CCC(CNC(=O)CN(C)C)(c3ccccc3)CC2)nc2c1S(=O)CC2. The average molecular weight is 570 g/mol. The van der Waals surface area contributed by atoms with Crippen LogP contribution in [0.2, 0.25) is 0 Å². The van der Waals surface area contributed by atoms with Crippen molar-refractivity contribution in [3.05, 3.63) is 41.6 Å². The number of rotatable bonds is 13. The maximum atomic E-state index is 12.9. The highest BCUT2D eigenvalue weighted by Crippen LogP contribution is 2.37. The number of aryl methyl sites for hydroxylation is 1. The maximum absolute atomic E-state index is 12.9. The standard InChI is InChI=1S/C29H43N7O3S/c1-21(37)10-11-23(18-30-2)32-27-26-24(12-17-40(26)39)33-28(34-27)36-15-13-29(14-16-36,22-8-6-5-7-9-22)20-31-25(38)19-35(3)4/h5-9,23,30H,10-20H2,1-4H3,(H,31,38)(H,32,33,34)/t23-,40?/m0/s1. The normalized spacial score (nSPS) is 18.8. The molecule has 0 saturated carbocycles. The van der Waals surface area contributed by atoms with Gasteiger partial charge in [0, 0.05) is 56.2 Å². The summed E-state index contributed by atoms with van der Waals surface area (Å²) in [5.41, 5.74) is 1.90. The average Bonchev–Trinajstić information content (AvgIpc) is 3.31. The van der Waals surface area contributed by atoms with E-state index in [2.05, 4.69) is 45.1 Å². The summed E-state index contributed by atoms with van der Waals surface area (Å²) in [7, 11) is 4.53. The Morgan fingerprint density at radius 1 is 1.15 bits per heavy atom. The van der Waals surface area contributed by atoms with Crippen LogP contribution in [0.5, 0.6) is 0 Å². The number of ketones is 1. The third-order valence-corrected chi connectivity index (χ3v) is 9.24. The van der Waals surface area contributed by atoms with Crippen LogP contribution in [-0.4, -0.2) is 96.4 Å². The van der Waals surface area contributed by atoms with Crippen LogP contribution in [0.3, 0.4) is 0 Å². The monoisotopic (exact) mass is 569 g/mol. The molecule has 1 aromatic carbocycles. The number of carbonyl (C=O) groups excluding carboxylic acids is 2. The molecule has 2 aliphatic heterocycles. The molecule has 0 bridgehead atoms. The zero-order valence-corrected chi connectivity index (χ0v) is 25.0. The van der Waals surface area contributed by atoms with E-state index in [4.69, 9.17) is 9.97 Å². The molecule has 1 fully saturated rings. The lowest BCUT2D eigenvalue weighted by Gasteiger charge is -2.42. The highest BCUT2D eigenvalue weighted by atomic mass is 32.2. The lowest BCUT2D eigenvalue weighted by molar-refractivity contribution is -0.122. The van der Waals surface area contributed by atoms with E-state index in [1.54, 1.807) is 6.92 Å². The first kappa shape index (κ1) is 30.1. The van der Waals surface area contributed by atoms with E-state index in [0.717, 1.165) is 31.6 Å². The second-order valence-corrected chi connectivity index (χ2v) is 12.7. The van der Waals surface area contributed by atoms with Crippen LogP contribution < -0.4 is 20.9 Å². The molecule has 1 saturated heterocycles. The quantitative estimate of drug-likeness (QED) is 0.331. The second-order valence-electron chi connectivity index (χ2n) is 11.2. The number of carbonyl (C=O) groups is 2. The summed E-state index contributed by atoms with van der Waals surface area (Å²) in [6.07, 6.45) is 3.49. The molecule has 0 radical (unpaired) electrons. The number of amides is 1.